The summed E-state index contributed by atoms with van der Waals surface area (Å²) in [7, 11) is 0. The SMILES string of the molecule is Cc1cc(-c2cnc(C)c(NSc3c(Cl)cccc3Cl)c2)ccn1. The van der Waals surface area contributed by atoms with E-state index in [0.717, 1.165) is 33.1 Å². The smallest absolute Gasteiger partial charge is 0.0664 e. The Morgan fingerprint density at radius 2 is 1.71 bits per heavy atom. The molecule has 0 atom stereocenters. The Labute approximate surface area is 155 Å². The van der Waals surface area contributed by atoms with Crippen LogP contribution in [-0.4, -0.2) is 9.97 Å². The Bertz CT molecular complexity index is 864. The minimum Gasteiger partial charge on any atom is -0.324 e. The highest BCUT2D eigenvalue weighted by atomic mass is 35.5. The van der Waals surface area contributed by atoms with E-state index in [-0.39, 0.29) is 0 Å². The van der Waals surface area contributed by atoms with Gasteiger partial charge in [0, 0.05) is 23.7 Å². The van der Waals surface area contributed by atoms with Gasteiger partial charge in [-0.2, -0.15) is 0 Å². The molecule has 0 fully saturated rings. The van der Waals surface area contributed by atoms with Crippen molar-refractivity contribution in [2.45, 2.75) is 18.7 Å². The lowest BCUT2D eigenvalue weighted by molar-refractivity contribution is 1.19. The van der Waals surface area contributed by atoms with Crippen LogP contribution in [0.25, 0.3) is 11.1 Å². The van der Waals surface area contributed by atoms with Crippen LogP contribution in [0.5, 0.6) is 0 Å². The van der Waals surface area contributed by atoms with Crippen molar-refractivity contribution in [1.29, 1.82) is 0 Å². The quantitative estimate of drug-likeness (QED) is 0.551. The van der Waals surface area contributed by atoms with Gasteiger partial charge in [-0.3, -0.25) is 9.97 Å². The second-order valence-corrected chi connectivity index (χ2v) is 6.93. The molecule has 3 nitrogen and oxygen atoms in total. The maximum atomic E-state index is 6.21. The zero-order valence-electron chi connectivity index (χ0n) is 13.2. The van der Waals surface area contributed by atoms with Gasteiger partial charge in [-0.25, -0.2) is 0 Å². The normalized spacial score (nSPS) is 10.7. The molecule has 0 saturated carbocycles. The Morgan fingerprint density at radius 1 is 0.958 bits per heavy atom. The van der Waals surface area contributed by atoms with Crippen LogP contribution < -0.4 is 4.72 Å². The summed E-state index contributed by atoms with van der Waals surface area (Å²) in [4.78, 5) is 9.51. The zero-order chi connectivity index (χ0) is 17.1. The molecule has 3 rings (SSSR count). The molecule has 0 spiro atoms. The first-order valence-electron chi connectivity index (χ1n) is 7.31. The molecule has 0 saturated heterocycles. The van der Waals surface area contributed by atoms with Crippen LogP contribution in [-0.2, 0) is 0 Å². The fraction of sp³-hybridized carbons (Fsp3) is 0.111. The molecule has 2 heterocycles. The average Bonchev–Trinajstić information content (AvgIpc) is 2.56. The molecule has 1 N–H and O–H groups in total. The van der Waals surface area contributed by atoms with E-state index < -0.39 is 0 Å². The third-order valence-corrected chi connectivity index (χ3v) is 5.32. The predicted molar refractivity (Wildman–Crippen MR) is 103 cm³/mol. The number of rotatable bonds is 4. The van der Waals surface area contributed by atoms with E-state index in [1.165, 1.54) is 11.9 Å². The molecule has 0 unspecified atom stereocenters. The summed E-state index contributed by atoms with van der Waals surface area (Å²) in [6.45, 7) is 3.93. The topological polar surface area (TPSA) is 37.8 Å². The molecule has 0 aliphatic heterocycles. The Morgan fingerprint density at radius 3 is 2.42 bits per heavy atom. The second-order valence-electron chi connectivity index (χ2n) is 5.30. The predicted octanol–water partition coefficient (Wildman–Crippen LogP) is 6.19. The first-order chi connectivity index (χ1) is 11.5. The first-order valence-corrected chi connectivity index (χ1v) is 8.88. The highest BCUT2D eigenvalue weighted by Crippen LogP contribution is 2.35. The number of pyridine rings is 2. The minimum atomic E-state index is 0.617. The van der Waals surface area contributed by atoms with Gasteiger partial charge in [0.15, 0.2) is 0 Å². The maximum Gasteiger partial charge on any atom is 0.0664 e. The van der Waals surface area contributed by atoms with Gasteiger partial charge < -0.3 is 4.72 Å². The summed E-state index contributed by atoms with van der Waals surface area (Å²) in [5.74, 6) is 0. The van der Waals surface area contributed by atoms with Crippen molar-refractivity contribution in [3.05, 3.63) is 70.2 Å². The molecular formula is C18H15Cl2N3S. The molecule has 2 aromatic heterocycles. The van der Waals surface area contributed by atoms with Crippen molar-refractivity contribution in [2.75, 3.05) is 4.72 Å². The van der Waals surface area contributed by atoms with Crippen molar-refractivity contribution in [2.24, 2.45) is 0 Å². The van der Waals surface area contributed by atoms with Gasteiger partial charge in [0.05, 0.1) is 26.3 Å². The van der Waals surface area contributed by atoms with Crippen LogP contribution in [0.15, 0.2) is 53.7 Å². The number of hydrogen-bond donors (Lipinski definition) is 1. The van der Waals surface area contributed by atoms with Crippen molar-refractivity contribution >= 4 is 40.8 Å². The lowest BCUT2D eigenvalue weighted by Gasteiger charge is -2.12. The van der Waals surface area contributed by atoms with E-state index in [1.54, 1.807) is 6.20 Å². The highest BCUT2D eigenvalue weighted by molar-refractivity contribution is 8.00. The monoisotopic (exact) mass is 375 g/mol. The lowest BCUT2D eigenvalue weighted by Crippen LogP contribution is -1.95. The number of nitrogens with one attached hydrogen (secondary N) is 1. The van der Waals surface area contributed by atoms with Crippen LogP contribution in [0, 0.1) is 13.8 Å². The third kappa shape index (κ3) is 3.83. The highest BCUT2D eigenvalue weighted by Gasteiger charge is 2.09. The van der Waals surface area contributed by atoms with Crippen molar-refractivity contribution in [1.82, 2.24) is 9.97 Å². The molecule has 0 aliphatic rings. The number of aryl methyl sites for hydroxylation is 2. The standard InChI is InChI=1S/C18H15Cl2N3S/c1-11-8-13(6-7-21-11)14-9-17(12(2)22-10-14)23-24-18-15(19)4-3-5-16(18)20/h3-10,23H,1-2H3. The van der Waals surface area contributed by atoms with Crippen molar-refractivity contribution < 1.29 is 0 Å². The van der Waals surface area contributed by atoms with E-state index in [0.29, 0.717) is 10.0 Å². The second kappa shape index (κ2) is 7.43. The van der Waals surface area contributed by atoms with Crippen LogP contribution >= 0.6 is 35.1 Å². The number of nitrogens with zero attached hydrogens (tertiary/aromatic N) is 2. The number of hydrogen-bond acceptors (Lipinski definition) is 4. The molecule has 122 valence electrons. The minimum absolute atomic E-state index is 0.617. The van der Waals surface area contributed by atoms with Gasteiger partial charge in [-0.05, 0) is 61.7 Å². The molecule has 1 aromatic carbocycles. The average molecular weight is 376 g/mol. The molecular weight excluding hydrogens is 361 g/mol. The van der Waals surface area contributed by atoms with Gasteiger partial charge in [-0.1, -0.05) is 29.3 Å². The van der Waals surface area contributed by atoms with Gasteiger partial charge in [0.1, 0.15) is 0 Å². The molecule has 0 bridgehead atoms. The van der Waals surface area contributed by atoms with Gasteiger partial charge in [-0.15, -0.1) is 0 Å². The third-order valence-electron chi connectivity index (χ3n) is 3.50. The van der Waals surface area contributed by atoms with E-state index in [4.69, 9.17) is 23.2 Å². The maximum absolute atomic E-state index is 6.21. The molecule has 0 aliphatic carbocycles. The number of anilines is 1. The number of halogens is 2. The summed E-state index contributed by atoms with van der Waals surface area (Å²) < 4.78 is 3.31. The lowest BCUT2D eigenvalue weighted by atomic mass is 10.1. The van der Waals surface area contributed by atoms with Crippen molar-refractivity contribution in [3.8, 4) is 11.1 Å². The van der Waals surface area contributed by atoms with Crippen LogP contribution in [0.3, 0.4) is 0 Å². The Balaban J connectivity index is 1.87. The van der Waals surface area contributed by atoms with Gasteiger partial charge >= 0.3 is 0 Å². The van der Waals surface area contributed by atoms with Crippen LogP contribution in [0.2, 0.25) is 10.0 Å². The molecule has 0 radical (unpaired) electrons. The van der Waals surface area contributed by atoms with Gasteiger partial charge in [0.25, 0.3) is 0 Å². The summed E-state index contributed by atoms with van der Waals surface area (Å²) >= 11 is 13.8. The summed E-state index contributed by atoms with van der Waals surface area (Å²) in [6, 6.07) is 11.5. The largest absolute Gasteiger partial charge is 0.324 e. The molecule has 0 amide bonds. The fourth-order valence-corrected chi connectivity index (χ4v) is 3.58. The van der Waals surface area contributed by atoms with Crippen LogP contribution in [0.4, 0.5) is 5.69 Å². The Hall–Kier alpha value is -1.75. The fourth-order valence-electron chi connectivity index (χ4n) is 2.21. The summed E-state index contributed by atoms with van der Waals surface area (Å²) in [5.41, 5.74) is 4.90. The number of benzene rings is 1. The van der Waals surface area contributed by atoms with Crippen molar-refractivity contribution in [3.63, 3.8) is 0 Å². The first kappa shape index (κ1) is 17.1. The van der Waals surface area contributed by atoms with E-state index in [9.17, 15) is 0 Å². The van der Waals surface area contributed by atoms with E-state index in [1.807, 2.05) is 50.4 Å². The summed E-state index contributed by atoms with van der Waals surface area (Å²) in [6.07, 6.45) is 3.66. The zero-order valence-corrected chi connectivity index (χ0v) is 15.5. The van der Waals surface area contributed by atoms with E-state index in [2.05, 4.69) is 20.8 Å². The Kier molecular flexibility index (Phi) is 5.29. The number of aromatic nitrogens is 2. The van der Waals surface area contributed by atoms with E-state index >= 15 is 0 Å². The molecule has 3 aromatic rings. The van der Waals surface area contributed by atoms with Crippen LogP contribution in [0.1, 0.15) is 11.4 Å². The molecule has 24 heavy (non-hydrogen) atoms. The van der Waals surface area contributed by atoms with Gasteiger partial charge in [0.2, 0.25) is 0 Å². The molecule has 6 heteroatoms. The summed E-state index contributed by atoms with van der Waals surface area (Å²) in [5, 5.41) is 1.23.